The molecule has 1 spiro atoms. The number of nitrogens with zero attached hydrogens (tertiary/aromatic N) is 2. The van der Waals surface area contributed by atoms with Crippen molar-refractivity contribution in [3.63, 3.8) is 0 Å². The first kappa shape index (κ1) is 16.9. The predicted octanol–water partition coefficient (Wildman–Crippen LogP) is 1.18. The van der Waals surface area contributed by atoms with Gasteiger partial charge in [0.25, 0.3) is 11.5 Å². The van der Waals surface area contributed by atoms with Crippen LogP contribution in [0.25, 0.3) is 0 Å². The quantitative estimate of drug-likeness (QED) is 0.894. The fourth-order valence-electron chi connectivity index (χ4n) is 4.00. The molecule has 3 atom stereocenters. The molecule has 7 heteroatoms. The van der Waals surface area contributed by atoms with Gasteiger partial charge in [-0.3, -0.25) is 9.59 Å². The number of aromatic nitrogens is 2. The molecule has 1 N–H and O–H groups in total. The van der Waals surface area contributed by atoms with Crippen LogP contribution in [0.4, 0.5) is 0 Å². The maximum atomic E-state index is 12.7. The number of carbonyl (C=O) groups excluding carboxylic acids is 1. The van der Waals surface area contributed by atoms with Gasteiger partial charge in [0.1, 0.15) is 17.4 Å². The molecular weight excluding hydrogens is 334 g/mol. The lowest BCUT2D eigenvalue weighted by Gasteiger charge is -2.28. The molecule has 1 aromatic carbocycles. The van der Waals surface area contributed by atoms with Crippen molar-refractivity contribution < 1.29 is 14.3 Å². The number of ether oxygens (including phenoxy) is 2. The number of rotatable bonds is 3. The van der Waals surface area contributed by atoms with Crippen LogP contribution in [0.15, 0.2) is 47.3 Å². The highest BCUT2D eigenvalue weighted by Gasteiger charge is 2.54. The SMILES string of the molecule is CO[C@@H]1CN(C(=O)c2ccc(=O)[nH]n2)C[C@]12C[C@H](c1ccccc1)CO2. The molecule has 136 valence electrons. The molecule has 4 rings (SSSR count). The Hall–Kier alpha value is -2.51. The van der Waals surface area contributed by atoms with Gasteiger partial charge in [0, 0.05) is 19.1 Å². The van der Waals surface area contributed by atoms with Gasteiger partial charge in [-0.05, 0) is 18.1 Å². The number of carbonyl (C=O) groups is 1. The van der Waals surface area contributed by atoms with E-state index < -0.39 is 5.60 Å². The molecule has 0 aliphatic carbocycles. The van der Waals surface area contributed by atoms with Gasteiger partial charge in [-0.15, -0.1) is 0 Å². The molecule has 7 nitrogen and oxygen atoms in total. The van der Waals surface area contributed by atoms with E-state index >= 15 is 0 Å². The number of hydrogen-bond donors (Lipinski definition) is 1. The molecule has 1 aromatic heterocycles. The fourth-order valence-corrected chi connectivity index (χ4v) is 4.00. The number of H-pyrrole nitrogens is 1. The lowest BCUT2D eigenvalue weighted by molar-refractivity contribution is -0.0755. The van der Waals surface area contributed by atoms with Crippen LogP contribution in [-0.4, -0.2) is 59.5 Å². The standard InChI is InChI=1S/C19H21N3O4/c1-25-16-10-22(18(24)15-7-8-17(23)21-20-15)12-19(16)9-14(11-26-19)13-5-3-2-4-6-13/h2-8,14,16H,9-12H2,1H3,(H,21,23)/t14-,16+,19+/m0/s1. The van der Waals surface area contributed by atoms with Gasteiger partial charge in [0.15, 0.2) is 0 Å². The summed E-state index contributed by atoms with van der Waals surface area (Å²) in [5.41, 5.74) is 0.618. The third-order valence-electron chi connectivity index (χ3n) is 5.34. The number of methoxy groups -OCH3 is 1. The minimum absolute atomic E-state index is 0.192. The van der Waals surface area contributed by atoms with Crippen molar-refractivity contribution in [3.05, 3.63) is 64.1 Å². The summed E-state index contributed by atoms with van der Waals surface area (Å²) in [6, 6.07) is 13.0. The molecular formula is C19H21N3O4. The fraction of sp³-hybridized carbons (Fsp3) is 0.421. The first-order chi connectivity index (χ1) is 12.6. The maximum absolute atomic E-state index is 12.7. The first-order valence-corrected chi connectivity index (χ1v) is 8.68. The Kier molecular flexibility index (Phi) is 4.34. The van der Waals surface area contributed by atoms with E-state index in [1.165, 1.54) is 17.7 Å². The van der Waals surface area contributed by atoms with Crippen molar-refractivity contribution in [2.24, 2.45) is 0 Å². The van der Waals surface area contributed by atoms with Gasteiger partial charge in [-0.2, -0.15) is 5.10 Å². The van der Waals surface area contributed by atoms with E-state index in [2.05, 4.69) is 22.3 Å². The predicted molar refractivity (Wildman–Crippen MR) is 94.0 cm³/mol. The Morgan fingerprint density at radius 3 is 2.81 bits per heavy atom. The molecule has 26 heavy (non-hydrogen) atoms. The summed E-state index contributed by atoms with van der Waals surface area (Å²) in [7, 11) is 1.65. The third-order valence-corrected chi connectivity index (χ3v) is 5.34. The number of likely N-dealkylation sites (tertiary alicyclic amines) is 1. The number of nitrogens with one attached hydrogen (secondary N) is 1. The Morgan fingerprint density at radius 1 is 1.31 bits per heavy atom. The van der Waals surface area contributed by atoms with Crippen molar-refractivity contribution in [2.75, 3.05) is 26.8 Å². The third kappa shape index (κ3) is 2.93. The van der Waals surface area contributed by atoms with E-state index in [1.807, 2.05) is 18.2 Å². The second-order valence-electron chi connectivity index (χ2n) is 6.90. The number of amides is 1. The van der Waals surface area contributed by atoms with Crippen molar-refractivity contribution >= 4 is 5.91 Å². The van der Waals surface area contributed by atoms with Gasteiger partial charge >= 0.3 is 0 Å². The summed E-state index contributed by atoms with van der Waals surface area (Å²) in [6.07, 6.45) is 0.612. The highest BCUT2D eigenvalue weighted by molar-refractivity contribution is 5.92. The minimum Gasteiger partial charge on any atom is -0.377 e. The molecule has 0 unspecified atom stereocenters. The normalized spacial score (nSPS) is 28.0. The average molecular weight is 355 g/mol. The molecule has 1 amide bonds. The zero-order valence-corrected chi connectivity index (χ0v) is 14.6. The lowest BCUT2D eigenvalue weighted by Crippen LogP contribution is -2.42. The maximum Gasteiger partial charge on any atom is 0.274 e. The highest BCUT2D eigenvalue weighted by Crippen LogP contribution is 2.43. The van der Waals surface area contributed by atoms with Crippen LogP contribution >= 0.6 is 0 Å². The van der Waals surface area contributed by atoms with Crippen LogP contribution in [0.5, 0.6) is 0 Å². The first-order valence-electron chi connectivity index (χ1n) is 8.68. The smallest absolute Gasteiger partial charge is 0.274 e. The largest absolute Gasteiger partial charge is 0.377 e. The summed E-state index contributed by atoms with van der Waals surface area (Å²) in [5.74, 6) is 0.0574. The van der Waals surface area contributed by atoms with Crippen molar-refractivity contribution in [1.82, 2.24) is 15.1 Å². The molecule has 2 aliphatic rings. The Morgan fingerprint density at radius 2 is 2.12 bits per heavy atom. The second-order valence-corrected chi connectivity index (χ2v) is 6.90. The number of benzene rings is 1. The topological polar surface area (TPSA) is 84.5 Å². The molecule has 2 aliphatic heterocycles. The van der Waals surface area contributed by atoms with E-state index in [0.29, 0.717) is 19.7 Å². The van der Waals surface area contributed by atoms with E-state index in [1.54, 1.807) is 12.0 Å². The van der Waals surface area contributed by atoms with Crippen molar-refractivity contribution in [1.29, 1.82) is 0 Å². The summed E-state index contributed by atoms with van der Waals surface area (Å²) in [4.78, 5) is 25.6. The summed E-state index contributed by atoms with van der Waals surface area (Å²) < 4.78 is 11.9. The lowest BCUT2D eigenvalue weighted by atomic mass is 9.87. The summed E-state index contributed by atoms with van der Waals surface area (Å²) >= 11 is 0. The second kappa shape index (κ2) is 6.66. The van der Waals surface area contributed by atoms with E-state index in [9.17, 15) is 9.59 Å². The molecule has 2 aromatic rings. The number of hydrogen-bond acceptors (Lipinski definition) is 5. The molecule has 3 heterocycles. The molecule has 2 fully saturated rings. The van der Waals surface area contributed by atoms with Gasteiger partial charge in [-0.25, -0.2) is 5.10 Å². The minimum atomic E-state index is -0.507. The highest BCUT2D eigenvalue weighted by atomic mass is 16.6. The Labute approximate surface area is 150 Å². The van der Waals surface area contributed by atoms with Gasteiger partial charge in [-0.1, -0.05) is 30.3 Å². The monoisotopic (exact) mass is 355 g/mol. The van der Waals surface area contributed by atoms with Gasteiger partial charge in [0.2, 0.25) is 0 Å². The van der Waals surface area contributed by atoms with Crippen LogP contribution in [-0.2, 0) is 9.47 Å². The van der Waals surface area contributed by atoms with E-state index in [-0.39, 0.29) is 29.2 Å². The summed E-state index contributed by atoms with van der Waals surface area (Å²) in [5, 5.41) is 6.14. The molecule has 0 saturated carbocycles. The molecule has 2 saturated heterocycles. The molecule has 0 radical (unpaired) electrons. The van der Waals surface area contributed by atoms with E-state index in [0.717, 1.165) is 6.42 Å². The zero-order valence-electron chi connectivity index (χ0n) is 14.6. The van der Waals surface area contributed by atoms with Gasteiger partial charge in [0.05, 0.1) is 19.7 Å². The van der Waals surface area contributed by atoms with Crippen LogP contribution in [0.1, 0.15) is 28.4 Å². The number of aromatic amines is 1. The van der Waals surface area contributed by atoms with Crippen LogP contribution in [0.3, 0.4) is 0 Å². The zero-order chi connectivity index (χ0) is 18.1. The van der Waals surface area contributed by atoms with Crippen LogP contribution in [0, 0.1) is 0 Å². The Bertz CT molecular complexity index is 833. The van der Waals surface area contributed by atoms with Gasteiger partial charge < -0.3 is 14.4 Å². The van der Waals surface area contributed by atoms with Crippen molar-refractivity contribution in [2.45, 2.75) is 24.0 Å². The average Bonchev–Trinajstić information content (AvgIpc) is 3.27. The Balaban J connectivity index is 1.53. The van der Waals surface area contributed by atoms with E-state index in [4.69, 9.17) is 9.47 Å². The van der Waals surface area contributed by atoms with Crippen LogP contribution in [0.2, 0.25) is 0 Å². The molecule has 0 bridgehead atoms. The summed E-state index contributed by atoms with van der Waals surface area (Å²) in [6.45, 7) is 1.51. The van der Waals surface area contributed by atoms with Crippen molar-refractivity contribution in [3.8, 4) is 0 Å². The van der Waals surface area contributed by atoms with Crippen LogP contribution < -0.4 is 5.56 Å².